The van der Waals surface area contributed by atoms with Gasteiger partial charge < -0.3 is 0 Å². The zero-order chi connectivity index (χ0) is 11.9. The van der Waals surface area contributed by atoms with E-state index in [9.17, 15) is 0 Å². The summed E-state index contributed by atoms with van der Waals surface area (Å²) in [6.07, 6.45) is 2.57. The van der Waals surface area contributed by atoms with Gasteiger partial charge in [-0.15, -0.1) is 11.8 Å². The van der Waals surface area contributed by atoms with Crippen LogP contribution in [0.2, 0.25) is 0 Å². The molecule has 88 valence electrons. The Morgan fingerprint density at radius 1 is 0.824 bits per heavy atom. The maximum atomic E-state index is 2.24. The molecular formula is C16H18S. The van der Waals surface area contributed by atoms with E-state index in [2.05, 4.69) is 61.5 Å². The summed E-state index contributed by atoms with van der Waals surface area (Å²) < 4.78 is 0. The molecule has 0 aliphatic carbocycles. The van der Waals surface area contributed by atoms with E-state index in [0.717, 1.165) is 0 Å². The molecule has 0 saturated heterocycles. The van der Waals surface area contributed by atoms with Gasteiger partial charge in [0.25, 0.3) is 0 Å². The summed E-state index contributed by atoms with van der Waals surface area (Å²) in [6, 6.07) is 19.4. The van der Waals surface area contributed by atoms with Crippen LogP contribution in [-0.4, -0.2) is 5.75 Å². The normalized spacial score (nSPS) is 10.4. The number of hydrogen-bond acceptors (Lipinski definition) is 1. The molecule has 0 radical (unpaired) electrons. The molecule has 17 heavy (non-hydrogen) atoms. The van der Waals surface area contributed by atoms with Gasteiger partial charge in [0, 0.05) is 4.90 Å². The molecule has 0 nitrogen and oxygen atoms in total. The van der Waals surface area contributed by atoms with Crippen molar-refractivity contribution in [1.82, 2.24) is 0 Å². The highest BCUT2D eigenvalue weighted by Gasteiger charge is 1.97. The number of unbranched alkanes of at least 4 members (excludes halogenated alkanes) is 1. The molecule has 0 unspecified atom stereocenters. The van der Waals surface area contributed by atoms with Crippen LogP contribution in [0.15, 0.2) is 59.5 Å². The Morgan fingerprint density at radius 3 is 2.12 bits per heavy atom. The Kier molecular flexibility index (Phi) is 4.69. The quantitative estimate of drug-likeness (QED) is 0.510. The summed E-state index contributed by atoms with van der Waals surface area (Å²) >= 11 is 1.95. The highest BCUT2D eigenvalue weighted by atomic mass is 32.2. The van der Waals surface area contributed by atoms with E-state index < -0.39 is 0 Å². The van der Waals surface area contributed by atoms with Crippen molar-refractivity contribution >= 4 is 11.8 Å². The van der Waals surface area contributed by atoms with E-state index in [1.54, 1.807) is 0 Å². The standard InChI is InChI=1S/C16H18S/c1-2-3-13-17-16-11-9-15(10-12-16)14-7-5-4-6-8-14/h4-12H,2-3,13H2,1H3. The fraction of sp³-hybridized carbons (Fsp3) is 0.250. The fourth-order valence-electron chi connectivity index (χ4n) is 1.71. The third-order valence-electron chi connectivity index (χ3n) is 2.73. The molecule has 0 atom stereocenters. The molecule has 2 aromatic carbocycles. The van der Waals surface area contributed by atoms with Crippen LogP contribution in [0.3, 0.4) is 0 Å². The number of rotatable bonds is 5. The van der Waals surface area contributed by atoms with E-state index in [1.807, 2.05) is 11.8 Å². The van der Waals surface area contributed by atoms with Crippen LogP contribution in [0.5, 0.6) is 0 Å². The highest BCUT2D eigenvalue weighted by Crippen LogP contribution is 2.24. The first kappa shape index (κ1) is 12.3. The van der Waals surface area contributed by atoms with Gasteiger partial charge in [0.05, 0.1) is 0 Å². The third kappa shape index (κ3) is 3.64. The lowest BCUT2D eigenvalue weighted by Crippen LogP contribution is -1.80. The summed E-state index contributed by atoms with van der Waals surface area (Å²) in [5.74, 6) is 1.22. The fourth-order valence-corrected chi connectivity index (χ4v) is 2.71. The minimum atomic E-state index is 1.22. The molecule has 0 spiro atoms. The maximum Gasteiger partial charge on any atom is 0.00723 e. The number of hydrogen-bond donors (Lipinski definition) is 0. The minimum Gasteiger partial charge on any atom is -0.126 e. The Bertz CT molecular complexity index is 431. The summed E-state index contributed by atoms with van der Waals surface area (Å²) in [6.45, 7) is 2.24. The van der Waals surface area contributed by atoms with Crippen LogP contribution in [0.4, 0.5) is 0 Å². The Hall–Kier alpha value is -1.21. The molecule has 0 amide bonds. The largest absolute Gasteiger partial charge is 0.126 e. The second-order valence-electron chi connectivity index (χ2n) is 4.09. The van der Waals surface area contributed by atoms with Crippen molar-refractivity contribution in [2.75, 3.05) is 5.75 Å². The van der Waals surface area contributed by atoms with E-state index in [0.29, 0.717) is 0 Å². The molecule has 0 bridgehead atoms. The predicted octanol–water partition coefficient (Wildman–Crippen LogP) is 5.25. The molecule has 0 aliphatic rings. The highest BCUT2D eigenvalue weighted by molar-refractivity contribution is 7.99. The lowest BCUT2D eigenvalue weighted by Gasteiger charge is -2.04. The van der Waals surface area contributed by atoms with E-state index in [-0.39, 0.29) is 0 Å². The van der Waals surface area contributed by atoms with Crippen molar-refractivity contribution < 1.29 is 0 Å². The summed E-state index contributed by atoms with van der Waals surface area (Å²) in [4.78, 5) is 1.37. The van der Waals surface area contributed by atoms with E-state index in [4.69, 9.17) is 0 Å². The smallest absolute Gasteiger partial charge is 0.00723 e. The van der Waals surface area contributed by atoms with Gasteiger partial charge in [0.1, 0.15) is 0 Å². The predicted molar refractivity (Wildman–Crippen MR) is 77.5 cm³/mol. The molecule has 0 saturated carbocycles. The first-order chi connectivity index (χ1) is 8.40. The molecule has 0 N–H and O–H groups in total. The van der Waals surface area contributed by atoms with Crippen molar-refractivity contribution in [3.05, 3.63) is 54.6 Å². The van der Waals surface area contributed by atoms with Gasteiger partial charge in [0.15, 0.2) is 0 Å². The Balaban J connectivity index is 2.03. The van der Waals surface area contributed by atoms with Crippen LogP contribution in [0.1, 0.15) is 19.8 Å². The van der Waals surface area contributed by atoms with Crippen LogP contribution in [0, 0.1) is 0 Å². The monoisotopic (exact) mass is 242 g/mol. The van der Waals surface area contributed by atoms with Crippen molar-refractivity contribution in [2.24, 2.45) is 0 Å². The molecule has 0 aromatic heterocycles. The van der Waals surface area contributed by atoms with E-state index >= 15 is 0 Å². The van der Waals surface area contributed by atoms with Crippen LogP contribution in [0.25, 0.3) is 11.1 Å². The molecule has 2 rings (SSSR count). The van der Waals surface area contributed by atoms with E-state index in [1.165, 1.54) is 34.6 Å². The van der Waals surface area contributed by atoms with Crippen LogP contribution < -0.4 is 0 Å². The Labute approximate surface area is 108 Å². The van der Waals surface area contributed by atoms with Gasteiger partial charge in [0.2, 0.25) is 0 Å². The third-order valence-corrected chi connectivity index (χ3v) is 3.83. The number of thioether (sulfide) groups is 1. The SMILES string of the molecule is CCCCSc1ccc(-c2ccccc2)cc1. The van der Waals surface area contributed by atoms with Gasteiger partial charge in [-0.1, -0.05) is 55.8 Å². The first-order valence-electron chi connectivity index (χ1n) is 6.18. The molecule has 0 fully saturated rings. The zero-order valence-corrected chi connectivity index (χ0v) is 11.0. The summed E-state index contributed by atoms with van der Waals surface area (Å²) in [7, 11) is 0. The Morgan fingerprint density at radius 2 is 1.47 bits per heavy atom. The minimum absolute atomic E-state index is 1.22. The van der Waals surface area contributed by atoms with Gasteiger partial charge >= 0.3 is 0 Å². The van der Waals surface area contributed by atoms with Gasteiger partial charge in [-0.2, -0.15) is 0 Å². The molecule has 0 heterocycles. The average molecular weight is 242 g/mol. The molecule has 1 heteroatoms. The van der Waals surface area contributed by atoms with Gasteiger partial charge in [-0.3, -0.25) is 0 Å². The molecule has 0 aliphatic heterocycles. The van der Waals surface area contributed by atoms with Crippen molar-refractivity contribution in [2.45, 2.75) is 24.7 Å². The van der Waals surface area contributed by atoms with Gasteiger partial charge in [-0.05, 0) is 35.4 Å². The molecular weight excluding hydrogens is 224 g/mol. The second-order valence-corrected chi connectivity index (χ2v) is 5.26. The molecule has 2 aromatic rings. The number of benzene rings is 2. The first-order valence-corrected chi connectivity index (χ1v) is 7.17. The van der Waals surface area contributed by atoms with Gasteiger partial charge in [-0.25, -0.2) is 0 Å². The maximum absolute atomic E-state index is 2.24. The summed E-state index contributed by atoms with van der Waals surface area (Å²) in [5.41, 5.74) is 2.59. The van der Waals surface area contributed by atoms with Crippen molar-refractivity contribution in [1.29, 1.82) is 0 Å². The van der Waals surface area contributed by atoms with Crippen LogP contribution in [-0.2, 0) is 0 Å². The van der Waals surface area contributed by atoms with Crippen molar-refractivity contribution in [3.63, 3.8) is 0 Å². The lowest BCUT2D eigenvalue weighted by molar-refractivity contribution is 0.896. The lowest BCUT2D eigenvalue weighted by atomic mass is 10.1. The van der Waals surface area contributed by atoms with Crippen molar-refractivity contribution in [3.8, 4) is 11.1 Å². The second kappa shape index (κ2) is 6.51. The summed E-state index contributed by atoms with van der Waals surface area (Å²) in [5, 5.41) is 0. The topological polar surface area (TPSA) is 0 Å². The zero-order valence-electron chi connectivity index (χ0n) is 10.2. The van der Waals surface area contributed by atoms with Crippen LogP contribution >= 0.6 is 11.8 Å². The average Bonchev–Trinajstić information content (AvgIpc) is 2.41.